The first-order valence-electron chi connectivity index (χ1n) is 5.13. The number of rotatable bonds is 1. The Labute approximate surface area is 97.1 Å². The summed E-state index contributed by atoms with van der Waals surface area (Å²) in [6, 6.07) is 3.81. The molecule has 0 spiro atoms. The Morgan fingerprint density at radius 1 is 1.24 bits per heavy atom. The Morgan fingerprint density at radius 3 is 2.94 bits per heavy atom. The molecule has 0 unspecified atom stereocenters. The number of fused-ring (bicyclic) bond motifs is 1. The van der Waals surface area contributed by atoms with Crippen LogP contribution in [0.15, 0.2) is 30.9 Å². The Kier molecular flexibility index (Phi) is 2.01. The quantitative estimate of drug-likeness (QED) is 0.671. The molecule has 0 amide bonds. The van der Waals surface area contributed by atoms with Gasteiger partial charge >= 0.3 is 0 Å². The molecule has 3 aromatic heterocycles. The summed E-state index contributed by atoms with van der Waals surface area (Å²) < 4.78 is 1.72. The number of aromatic nitrogens is 5. The predicted molar refractivity (Wildman–Crippen MR) is 63.6 cm³/mol. The summed E-state index contributed by atoms with van der Waals surface area (Å²) in [5, 5.41) is 5.03. The molecule has 0 saturated heterocycles. The molecule has 0 fully saturated rings. The fraction of sp³-hybridized carbons (Fsp3) is 0.0909. The lowest BCUT2D eigenvalue weighted by molar-refractivity contribution is 0.889. The molecule has 6 nitrogen and oxygen atoms in total. The normalized spacial score (nSPS) is 10.9. The van der Waals surface area contributed by atoms with Gasteiger partial charge in [-0.25, -0.2) is 14.6 Å². The number of hydrogen-bond acceptors (Lipinski definition) is 5. The molecule has 3 heterocycles. The summed E-state index contributed by atoms with van der Waals surface area (Å²) in [6.07, 6.45) is 4.84. The van der Waals surface area contributed by atoms with Crippen molar-refractivity contribution in [2.24, 2.45) is 0 Å². The van der Waals surface area contributed by atoms with E-state index in [9.17, 15) is 0 Å². The van der Waals surface area contributed by atoms with Crippen LogP contribution in [-0.4, -0.2) is 24.7 Å². The Bertz CT molecular complexity index is 687. The molecule has 0 radical (unpaired) electrons. The average molecular weight is 226 g/mol. The molecule has 0 aliphatic rings. The number of nitrogens with zero attached hydrogens (tertiary/aromatic N) is 5. The fourth-order valence-electron chi connectivity index (χ4n) is 1.71. The number of nitrogens with two attached hydrogens (primary N) is 1. The lowest BCUT2D eigenvalue weighted by Gasteiger charge is -2.03. The van der Waals surface area contributed by atoms with E-state index in [0.717, 1.165) is 16.8 Å². The second kappa shape index (κ2) is 3.51. The Hall–Kier alpha value is -2.50. The largest absolute Gasteiger partial charge is 0.383 e. The van der Waals surface area contributed by atoms with Gasteiger partial charge in [-0.3, -0.25) is 4.98 Å². The zero-order chi connectivity index (χ0) is 11.8. The lowest BCUT2D eigenvalue weighted by Crippen LogP contribution is -1.99. The van der Waals surface area contributed by atoms with Crippen molar-refractivity contribution in [1.29, 1.82) is 0 Å². The van der Waals surface area contributed by atoms with E-state index < -0.39 is 0 Å². The topological polar surface area (TPSA) is 82.5 Å². The van der Waals surface area contributed by atoms with Crippen LogP contribution in [0.1, 0.15) is 5.69 Å². The lowest BCUT2D eigenvalue weighted by atomic mass is 10.3. The molecule has 0 saturated carbocycles. The van der Waals surface area contributed by atoms with Gasteiger partial charge in [0.05, 0.1) is 17.3 Å². The Balaban J connectivity index is 2.28. The van der Waals surface area contributed by atoms with Gasteiger partial charge in [0.2, 0.25) is 0 Å². The number of hydrogen-bond donors (Lipinski definition) is 1. The zero-order valence-corrected chi connectivity index (χ0v) is 9.20. The smallest absolute Gasteiger partial charge is 0.168 e. The first-order chi connectivity index (χ1) is 8.25. The van der Waals surface area contributed by atoms with Crippen molar-refractivity contribution >= 4 is 16.9 Å². The van der Waals surface area contributed by atoms with Gasteiger partial charge in [0, 0.05) is 11.9 Å². The van der Waals surface area contributed by atoms with Crippen molar-refractivity contribution in [3.05, 3.63) is 36.5 Å². The summed E-state index contributed by atoms with van der Waals surface area (Å²) in [5.74, 6) is 0.437. The van der Waals surface area contributed by atoms with Crippen LogP contribution in [-0.2, 0) is 0 Å². The summed E-state index contributed by atoms with van der Waals surface area (Å²) in [7, 11) is 0. The highest BCUT2D eigenvalue weighted by molar-refractivity contribution is 5.85. The first-order valence-corrected chi connectivity index (χ1v) is 5.13. The van der Waals surface area contributed by atoms with Crippen molar-refractivity contribution in [2.75, 3.05) is 5.73 Å². The minimum absolute atomic E-state index is 0.437. The van der Waals surface area contributed by atoms with Crippen LogP contribution in [0.25, 0.3) is 16.7 Å². The van der Waals surface area contributed by atoms with Crippen LogP contribution in [0.3, 0.4) is 0 Å². The Morgan fingerprint density at radius 2 is 2.12 bits per heavy atom. The van der Waals surface area contributed by atoms with Crippen molar-refractivity contribution in [1.82, 2.24) is 24.7 Å². The molecule has 3 rings (SSSR count). The third kappa shape index (κ3) is 1.50. The second-order valence-electron chi connectivity index (χ2n) is 3.71. The van der Waals surface area contributed by atoms with E-state index in [1.54, 1.807) is 17.1 Å². The molecule has 2 N–H and O–H groups in total. The van der Waals surface area contributed by atoms with Crippen molar-refractivity contribution in [3.63, 3.8) is 0 Å². The van der Waals surface area contributed by atoms with E-state index in [2.05, 4.69) is 20.1 Å². The molecule has 0 aliphatic carbocycles. The summed E-state index contributed by atoms with van der Waals surface area (Å²) in [6.45, 7) is 1.93. The van der Waals surface area contributed by atoms with Crippen LogP contribution in [0.5, 0.6) is 0 Å². The third-order valence-electron chi connectivity index (χ3n) is 2.52. The summed E-state index contributed by atoms with van der Waals surface area (Å²) in [4.78, 5) is 12.3. The molecule has 3 aromatic rings. The number of pyridine rings is 1. The van der Waals surface area contributed by atoms with Gasteiger partial charge in [-0.2, -0.15) is 5.10 Å². The van der Waals surface area contributed by atoms with Crippen LogP contribution in [0.2, 0.25) is 0 Å². The molecule has 0 bridgehead atoms. The summed E-state index contributed by atoms with van der Waals surface area (Å²) >= 11 is 0. The minimum atomic E-state index is 0.437. The van der Waals surface area contributed by atoms with Gasteiger partial charge in [-0.1, -0.05) is 0 Å². The fourth-order valence-corrected chi connectivity index (χ4v) is 1.71. The zero-order valence-electron chi connectivity index (χ0n) is 9.20. The van der Waals surface area contributed by atoms with E-state index in [4.69, 9.17) is 5.73 Å². The standard InChI is InChI=1S/C11H10N6/c1-7-4-8(2-3-13-7)17-11-9(5-16-17)10(12)14-6-15-11/h2-6H,1H3,(H2,12,14,15). The maximum Gasteiger partial charge on any atom is 0.168 e. The van der Waals surface area contributed by atoms with Crippen LogP contribution in [0, 0.1) is 6.92 Å². The van der Waals surface area contributed by atoms with Crippen molar-refractivity contribution in [3.8, 4) is 5.69 Å². The predicted octanol–water partition coefficient (Wildman–Crippen LogP) is 1.10. The van der Waals surface area contributed by atoms with Crippen LogP contribution >= 0.6 is 0 Å². The van der Waals surface area contributed by atoms with Gasteiger partial charge < -0.3 is 5.73 Å². The third-order valence-corrected chi connectivity index (χ3v) is 2.52. The van der Waals surface area contributed by atoms with Crippen LogP contribution < -0.4 is 5.73 Å². The van der Waals surface area contributed by atoms with E-state index in [1.807, 2.05) is 19.1 Å². The maximum absolute atomic E-state index is 5.76. The molecule has 0 aromatic carbocycles. The van der Waals surface area contributed by atoms with Gasteiger partial charge in [0.25, 0.3) is 0 Å². The highest BCUT2D eigenvalue weighted by Gasteiger charge is 2.08. The SMILES string of the molecule is Cc1cc(-n2ncc3c(N)ncnc32)ccn1. The summed E-state index contributed by atoms with van der Waals surface area (Å²) in [5.41, 5.74) is 8.29. The highest BCUT2D eigenvalue weighted by Crippen LogP contribution is 2.19. The van der Waals surface area contributed by atoms with Gasteiger partial charge in [0.1, 0.15) is 12.1 Å². The van der Waals surface area contributed by atoms with Crippen molar-refractivity contribution < 1.29 is 0 Å². The molecule has 17 heavy (non-hydrogen) atoms. The van der Waals surface area contributed by atoms with E-state index in [-0.39, 0.29) is 0 Å². The molecular weight excluding hydrogens is 216 g/mol. The van der Waals surface area contributed by atoms with E-state index in [1.165, 1.54) is 6.33 Å². The van der Waals surface area contributed by atoms with Gasteiger partial charge in [0.15, 0.2) is 5.65 Å². The van der Waals surface area contributed by atoms with E-state index in [0.29, 0.717) is 11.5 Å². The molecule has 84 valence electrons. The van der Waals surface area contributed by atoms with Gasteiger partial charge in [-0.15, -0.1) is 0 Å². The van der Waals surface area contributed by atoms with E-state index >= 15 is 0 Å². The average Bonchev–Trinajstić information content (AvgIpc) is 2.74. The van der Waals surface area contributed by atoms with Crippen molar-refractivity contribution in [2.45, 2.75) is 6.92 Å². The number of anilines is 1. The first kappa shape index (κ1) is 9.71. The second-order valence-corrected chi connectivity index (χ2v) is 3.71. The van der Waals surface area contributed by atoms with Crippen LogP contribution in [0.4, 0.5) is 5.82 Å². The maximum atomic E-state index is 5.76. The molecule has 0 aliphatic heterocycles. The number of aryl methyl sites for hydroxylation is 1. The minimum Gasteiger partial charge on any atom is -0.383 e. The number of nitrogen functional groups attached to an aromatic ring is 1. The molecular formula is C11H10N6. The molecule has 6 heteroatoms. The highest BCUT2D eigenvalue weighted by atomic mass is 15.3. The molecule has 0 atom stereocenters. The monoisotopic (exact) mass is 226 g/mol. The van der Waals surface area contributed by atoms with Gasteiger partial charge in [-0.05, 0) is 19.1 Å².